The van der Waals surface area contributed by atoms with Crippen LogP contribution in [0.2, 0.25) is 0 Å². The first-order chi connectivity index (χ1) is 7.40. The lowest BCUT2D eigenvalue weighted by Crippen LogP contribution is -2.30. The molecule has 0 spiro atoms. The first-order valence-corrected chi connectivity index (χ1v) is 6.71. The van der Waals surface area contributed by atoms with E-state index < -0.39 is 14.6 Å². The minimum Gasteiger partial charge on any atom is -0.298 e. The second kappa shape index (κ2) is 3.42. The number of Topliss-reactive ketones (excluding diaryl/α,β-unsaturated/α-hetero) is 1. The van der Waals surface area contributed by atoms with E-state index >= 15 is 0 Å². The van der Waals surface area contributed by atoms with E-state index in [-0.39, 0.29) is 10.7 Å². The van der Waals surface area contributed by atoms with E-state index in [1.54, 1.807) is 24.3 Å². The summed E-state index contributed by atoms with van der Waals surface area (Å²) in [5, 5.41) is 0. The van der Waals surface area contributed by atoms with E-state index in [2.05, 4.69) is 0 Å². The van der Waals surface area contributed by atoms with E-state index in [1.165, 1.54) is 6.92 Å². The fourth-order valence-electron chi connectivity index (χ4n) is 1.87. The van der Waals surface area contributed by atoms with Gasteiger partial charge in [-0.05, 0) is 38.8 Å². The third-order valence-electron chi connectivity index (χ3n) is 3.19. The molecular weight excluding hydrogens is 224 g/mol. The lowest BCUT2D eigenvalue weighted by Gasteiger charge is -2.12. The smallest absolute Gasteiger partial charge is 0.191 e. The third-order valence-corrected chi connectivity index (χ3v) is 5.81. The molecule has 16 heavy (non-hydrogen) atoms. The quantitative estimate of drug-likeness (QED) is 0.808. The number of benzene rings is 1. The van der Waals surface area contributed by atoms with Crippen molar-refractivity contribution in [2.75, 3.05) is 0 Å². The zero-order valence-electron chi connectivity index (χ0n) is 9.36. The van der Waals surface area contributed by atoms with Crippen LogP contribution in [0.1, 0.15) is 25.3 Å². The Labute approximate surface area is 95.4 Å². The summed E-state index contributed by atoms with van der Waals surface area (Å²) in [6.07, 6.45) is 0.914. The number of hydrogen-bond acceptors (Lipinski definition) is 3. The second-order valence-corrected chi connectivity index (χ2v) is 6.63. The predicted molar refractivity (Wildman–Crippen MR) is 61.0 cm³/mol. The lowest BCUT2D eigenvalue weighted by atomic mass is 10.2. The maximum Gasteiger partial charge on any atom is 0.191 e. The Morgan fingerprint density at radius 2 is 1.69 bits per heavy atom. The fraction of sp³-hybridized carbons (Fsp3) is 0.417. The maximum atomic E-state index is 12.2. The summed E-state index contributed by atoms with van der Waals surface area (Å²) in [6, 6.07) is 6.66. The van der Waals surface area contributed by atoms with Crippen molar-refractivity contribution in [2.24, 2.45) is 0 Å². The standard InChI is InChI=1S/C12H14O3S/c1-9-3-5-11(6-4-9)16(14,15)12(7-8-12)10(2)13/h3-6H,7-8H2,1-2H3. The van der Waals surface area contributed by atoms with Crippen LogP contribution in [0.3, 0.4) is 0 Å². The minimum atomic E-state index is -3.49. The van der Waals surface area contributed by atoms with Crippen molar-refractivity contribution in [3.8, 4) is 0 Å². The van der Waals surface area contributed by atoms with E-state index in [0.29, 0.717) is 12.8 Å². The molecule has 1 saturated carbocycles. The molecule has 1 fully saturated rings. The van der Waals surface area contributed by atoms with Gasteiger partial charge in [-0.3, -0.25) is 4.79 Å². The van der Waals surface area contributed by atoms with Gasteiger partial charge < -0.3 is 0 Å². The number of carbonyl (C=O) groups is 1. The molecule has 3 nitrogen and oxygen atoms in total. The van der Waals surface area contributed by atoms with E-state index in [9.17, 15) is 13.2 Å². The Hall–Kier alpha value is -1.16. The highest BCUT2D eigenvalue weighted by atomic mass is 32.2. The van der Waals surface area contributed by atoms with Crippen LogP contribution in [0.25, 0.3) is 0 Å². The van der Waals surface area contributed by atoms with Crippen molar-refractivity contribution in [1.29, 1.82) is 0 Å². The number of carbonyl (C=O) groups excluding carboxylic acids is 1. The van der Waals surface area contributed by atoms with Gasteiger partial charge in [0, 0.05) is 0 Å². The summed E-state index contributed by atoms with van der Waals surface area (Å²) < 4.78 is 23.4. The first-order valence-electron chi connectivity index (χ1n) is 5.22. The average Bonchev–Trinajstić information content (AvgIpc) is 2.98. The van der Waals surface area contributed by atoms with Crippen molar-refractivity contribution < 1.29 is 13.2 Å². The molecule has 0 unspecified atom stereocenters. The zero-order valence-corrected chi connectivity index (χ0v) is 10.2. The van der Waals surface area contributed by atoms with Crippen LogP contribution in [0, 0.1) is 6.92 Å². The second-order valence-electron chi connectivity index (χ2n) is 4.37. The van der Waals surface area contributed by atoms with Gasteiger partial charge >= 0.3 is 0 Å². The summed E-state index contributed by atoms with van der Waals surface area (Å²) in [7, 11) is -3.49. The van der Waals surface area contributed by atoms with Crippen molar-refractivity contribution in [2.45, 2.75) is 36.3 Å². The van der Waals surface area contributed by atoms with Gasteiger partial charge in [-0.25, -0.2) is 8.42 Å². The average molecular weight is 238 g/mol. The van der Waals surface area contributed by atoms with Gasteiger partial charge in [-0.15, -0.1) is 0 Å². The lowest BCUT2D eigenvalue weighted by molar-refractivity contribution is -0.117. The van der Waals surface area contributed by atoms with Crippen LogP contribution < -0.4 is 0 Å². The number of sulfone groups is 1. The molecule has 2 rings (SSSR count). The molecule has 86 valence electrons. The number of ketones is 1. The number of aryl methyl sites for hydroxylation is 1. The van der Waals surface area contributed by atoms with Crippen LogP contribution in [0.4, 0.5) is 0 Å². The van der Waals surface area contributed by atoms with Crippen molar-refractivity contribution in [1.82, 2.24) is 0 Å². The predicted octanol–water partition coefficient (Wildman–Crippen LogP) is 1.89. The topological polar surface area (TPSA) is 51.2 Å². The Balaban J connectivity index is 2.48. The molecule has 0 aliphatic heterocycles. The van der Waals surface area contributed by atoms with Crippen LogP contribution in [0.5, 0.6) is 0 Å². The molecule has 0 heterocycles. The third kappa shape index (κ3) is 1.48. The van der Waals surface area contributed by atoms with Gasteiger partial charge in [0.05, 0.1) is 4.90 Å². The molecule has 1 aliphatic carbocycles. The molecule has 0 radical (unpaired) electrons. The summed E-state index contributed by atoms with van der Waals surface area (Å²) in [6.45, 7) is 3.26. The highest BCUT2D eigenvalue weighted by Crippen LogP contribution is 2.47. The van der Waals surface area contributed by atoms with Gasteiger partial charge in [0.2, 0.25) is 0 Å². The van der Waals surface area contributed by atoms with Gasteiger partial charge in [0.25, 0.3) is 0 Å². The Morgan fingerprint density at radius 1 is 1.19 bits per heavy atom. The molecule has 0 aromatic heterocycles. The normalized spacial score (nSPS) is 18.1. The van der Waals surface area contributed by atoms with E-state index in [1.807, 2.05) is 6.92 Å². The Bertz CT molecular complexity index is 522. The van der Waals surface area contributed by atoms with Crippen LogP contribution in [-0.2, 0) is 14.6 Å². The van der Waals surface area contributed by atoms with Crippen molar-refractivity contribution in [3.63, 3.8) is 0 Å². The molecule has 0 amide bonds. The minimum absolute atomic E-state index is 0.243. The highest BCUT2D eigenvalue weighted by molar-refractivity contribution is 7.94. The van der Waals surface area contributed by atoms with Gasteiger partial charge in [0.15, 0.2) is 15.6 Å². The van der Waals surface area contributed by atoms with Crippen LogP contribution in [-0.4, -0.2) is 18.9 Å². The van der Waals surface area contributed by atoms with Gasteiger partial charge in [-0.2, -0.15) is 0 Å². The van der Waals surface area contributed by atoms with E-state index in [0.717, 1.165) is 5.56 Å². The monoisotopic (exact) mass is 238 g/mol. The van der Waals surface area contributed by atoms with Gasteiger partial charge in [-0.1, -0.05) is 17.7 Å². The number of rotatable bonds is 3. The van der Waals surface area contributed by atoms with Crippen molar-refractivity contribution in [3.05, 3.63) is 29.8 Å². The highest BCUT2D eigenvalue weighted by Gasteiger charge is 2.58. The van der Waals surface area contributed by atoms with Crippen molar-refractivity contribution >= 4 is 15.6 Å². The van der Waals surface area contributed by atoms with E-state index in [4.69, 9.17) is 0 Å². The zero-order chi connectivity index (χ0) is 12.0. The summed E-state index contributed by atoms with van der Waals surface area (Å²) in [5.74, 6) is -0.243. The van der Waals surface area contributed by atoms with Gasteiger partial charge in [0.1, 0.15) is 4.75 Å². The number of hydrogen-bond donors (Lipinski definition) is 0. The fourth-order valence-corrected chi connectivity index (χ4v) is 3.83. The first kappa shape index (κ1) is 11.3. The maximum absolute atomic E-state index is 12.2. The Morgan fingerprint density at radius 3 is 2.06 bits per heavy atom. The molecular formula is C12H14O3S. The molecule has 4 heteroatoms. The van der Waals surface area contributed by atoms with Crippen LogP contribution >= 0.6 is 0 Å². The molecule has 1 aromatic carbocycles. The molecule has 0 saturated heterocycles. The molecule has 0 bridgehead atoms. The molecule has 0 atom stereocenters. The van der Waals surface area contributed by atoms with Crippen LogP contribution in [0.15, 0.2) is 29.2 Å². The summed E-state index contributed by atoms with van der Waals surface area (Å²) >= 11 is 0. The summed E-state index contributed by atoms with van der Waals surface area (Å²) in [5.41, 5.74) is 1.01. The molecule has 1 aliphatic rings. The Kier molecular flexibility index (Phi) is 2.42. The SMILES string of the molecule is CC(=O)C1(S(=O)(=O)c2ccc(C)cc2)CC1. The molecule has 1 aromatic rings. The largest absolute Gasteiger partial charge is 0.298 e. The summed E-state index contributed by atoms with van der Waals surface area (Å²) in [4.78, 5) is 11.7. The molecule has 0 N–H and O–H groups in total.